The third kappa shape index (κ3) is 5.21. The monoisotopic (exact) mass is 408 g/mol. The maximum Gasteiger partial charge on any atom is 0.337 e. The minimum Gasteiger partial charge on any atom is -0.493 e. The van der Waals surface area contributed by atoms with Crippen LogP contribution < -0.4 is 19.9 Å². The molecule has 0 radical (unpaired) electrons. The van der Waals surface area contributed by atoms with E-state index in [0.717, 1.165) is 0 Å². The van der Waals surface area contributed by atoms with Gasteiger partial charge in [-0.05, 0) is 49.4 Å². The van der Waals surface area contributed by atoms with Crippen LogP contribution in [0.5, 0.6) is 11.5 Å². The first-order chi connectivity index (χ1) is 13.2. The lowest BCUT2D eigenvalue weighted by Gasteiger charge is -2.17. The van der Waals surface area contributed by atoms with Crippen LogP contribution in [0.1, 0.15) is 17.3 Å². The van der Waals surface area contributed by atoms with Crippen LogP contribution in [0.25, 0.3) is 0 Å². The van der Waals surface area contributed by atoms with Gasteiger partial charge in [-0.3, -0.25) is 4.79 Å². The lowest BCUT2D eigenvalue weighted by atomic mass is 10.2. The van der Waals surface area contributed by atoms with E-state index in [1.54, 1.807) is 0 Å². The molecule has 0 spiro atoms. The van der Waals surface area contributed by atoms with Gasteiger partial charge in [-0.15, -0.1) is 0 Å². The number of carbonyl (C=O) groups is 2. The highest BCUT2D eigenvalue weighted by atomic mass is 32.2. The number of nitrogens with two attached hydrogens (primary N) is 1. The zero-order chi connectivity index (χ0) is 20.9. The van der Waals surface area contributed by atoms with E-state index in [1.807, 2.05) is 0 Å². The molecule has 0 heterocycles. The Balaban J connectivity index is 2.09. The zero-order valence-electron chi connectivity index (χ0n) is 15.5. The van der Waals surface area contributed by atoms with E-state index in [-0.39, 0.29) is 22.0 Å². The molecule has 1 amide bonds. The molecule has 28 heavy (non-hydrogen) atoms. The molecule has 9 nitrogen and oxygen atoms in total. The highest BCUT2D eigenvalue weighted by molar-refractivity contribution is 7.89. The summed E-state index contributed by atoms with van der Waals surface area (Å²) < 4.78 is 38.0. The van der Waals surface area contributed by atoms with Crippen LogP contribution in [-0.2, 0) is 19.6 Å². The van der Waals surface area contributed by atoms with Crippen molar-refractivity contribution in [2.24, 2.45) is 5.14 Å². The van der Waals surface area contributed by atoms with E-state index in [9.17, 15) is 18.0 Å². The summed E-state index contributed by atoms with van der Waals surface area (Å²) in [4.78, 5) is 23.8. The number of nitrogens with one attached hydrogen (secondary N) is 1. The Hall–Kier alpha value is -3.11. The van der Waals surface area contributed by atoms with Gasteiger partial charge in [0.15, 0.2) is 17.6 Å². The summed E-state index contributed by atoms with van der Waals surface area (Å²) >= 11 is 0. The van der Waals surface area contributed by atoms with Crippen LogP contribution in [0.4, 0.5) is 5.69 Å². The average molecular weight is 408 g/mol. The van der Waals surface area contributed by atoms with Crippen LogP contribution in [0.2, 0.25) is 0 Å². The molecule has 2 rings (SSSR count). The van der Waals surface area contributed by atoms with Gasteiger partial charge in [0.1, 0.15) is 0 Å². The number of methoxy groups -OCH3 is 2. The van der Waals surface area contributed by atoms with Crippen molar-refractivity contribution in [1.29, 1.82) is 0 Å². The highest BCUT2D eigenvalue weighted by Crippen LogP contribution is 2.29. The lowest BCUT2D eigenvalue weighted by molar-refractivity contribution is -0.122. The largest absolute Gasteiger partial charge is 0.493 e. The van der Waals surface area contributed by atoms with E-state index in [1.165, 1.54) is 63.6 Å². The third-order valence-corrected chi connectivity index (χ3v) is 4.64. The second kappa shape index (κ2) is 8.72. The molecule has 0 aliphatic carbocycles. The number of amides is 1. The van der Waals surface area contributed by atoms with E-state index >= 15 is 0 Å². The number of benzene rings is 2. The Morgan fingerprint density at radius 2 is 1.68 bits per heavy atom. The number of ether oxygens (including phenoxy) is 3. The predicted octanol–water partition coefficient (Wildman–Crippen LogP) is 1.54. The molecule has 2 aromatic carbocycles. The second-order valence-electron chi connectivity index (χ2n) is 5.68. The van der Waals surface area contributed by atoms with Gasteiger partial charge in [-0.25, -0.2) is 18.4 Å². The van der Waals surface area contributed by atoms with E-state index in [0.29, 0.717) is 5.69 Å². The molecule has 0 bridgehead atoms. The van der Waals surface area contributed by atoms with Crippen LogP contribution in [0.15, 0.2) is 47.4 Å². The summed E-state index contributed by atoms with van der Waals surface area (Å²) in [5.41, 5.74) is 0.652. The van der Waals surface area contributed by atoms with Crippen molar-refractivity contribution in [3.63, 3.8) is 0 Å². The van der Waals surface area contributed by atoms with Crippen molar-refractivity contribution in [3.05, 3.63) is 48.0 Å². The first kappa shape index (κ1) is 21.2. The standard InChI is InChI=1S/C18H20N2O7S/c1-11(17(21)20-13-5-7-14(8-6-13)28(19,23)24)27-15-9-4-12(18(22)26-3)10-16(15)25-2/h4-11H,1-3H3,(H,20,21)(H2,19,23,24)/t11-/m0/s1. The van der Waals surface area contributed by atoms with Crippen molar-refractivity contribution < 1.29 is 32.2 Å². The number of carbonyl (C=O) groups excluding carboxylic acids is 2. The summed E-state index contributed by atoms with van der Waals surface area (Å²) in [5.74, 6) is -0.469. The fraction of sp³-hybridized carbons (Fsp3) is 0.222. The molecular weight excluding hydrogens is 388 g/mol. The minimum absolute atomic E-state index is 0.0646. The maximum absolute atomic E-state index is 12.3. The average Bonchev–Trinajstić information content (AvgIpc) is 2.67. The normalized spacial score (nSPS) is 12.0. The molecule has 0 saturated heterocycles. The van der Waals surface area contributed by atoms with Crippen molar-refractivity contribution in [2.75, 3.05) is 19.5 Å². The Morgan fingerprint density at radius 3 is 2.21 bits per heavy atom. The van der Waals surface area contributed by atoms with Gasteiger partial charge in [0.05, 0.1) is 24.7 Å². The Kier molecular flexibility index (Phi) is 6.60. The number of primary sulfonamides is 1. The van der Waals surface area contributed by atoms with Crippen LogP contribution in [0.3, 0.4) is 0 Å². The molecule has 0 aliphatic rings. The van der Waals surface area contributed by atoms with Crippen molar-refractivity contribution >= 4 is 27.6 Å². The molecule has 0 fully saturated rings. The van der Waals surface area contributed by atoms with Gasteiger partial charge in [-0.1, -0.05) is 0 Å². The van der Waals surface area contributed by atoms with Gasteiger partial charge in [0.25, 0.3) is 5.91 Å². The summed E-state index contributed by atoms with van der Waals surface area (Å²) in [5, 5.41) is 7.63. The first-order valence-corrected chi connectivity index (χ1v) is 9.57. The summed E-state index contributed by atoms with van der Waals surface area (Å²) in [6, 6.07) is 9.82. The first-order valence-electron chi connectivity index (χ1n) is 8.02. The fourth-order valence-corrected chi connectivity index (χ4v) is 2.74. The number of hydrogen-bond acceptors (Lipinski definition) is 7. The second-order valence-corrected chi connectivity index (χ2v) is 7.24. The SMILES string of the molecule is COC(=O)c1ccc(O[C@@H](C)C(=O)Nc2ccc(S(N)(=O)=O)cc2)c(OC)c1. The molecule has 0 aliphatic heterocycles. The summed E-state index contributed by atoms with van der Waals surface area (Å²) in [6.45, 7) is 1.53. The Labute approximate surface area is 162 Å². The molecule has 2 aromatic rings. The number of hydrogen-bond donors (Lipinski definition) is 2. The summed E-state index contributed by atoms with van der Waals surface area (Å²) in [7, 11) is -1.14. The number of sulfonamides is 1. The maximum atomic E-state index is 12.3. The van der Waals surface area contributed by atoms with Gasteiger partial charge in [0, 0.05) is 5.69 Å². The van der Waals surface area contributed by atoms with Gasteiger partial charge in [0.2, 0.25) is 10.0 Å². The van der Waals surface area contributed by atoms with Gasteiger partial charge < -0.3 is 19.5 Å². The lowest BCUT2D eigenvalue weighted by Crippen LogP contribution is -2.30. The van der Waals surface area contributed by atoms with E-state index in [2.05, 4.69) is 10.1 Å². The van der Waals surface area contributed by atoms with E-state index < -0.39 is 28.0 Å². The number of rotatable bonds is 7. The molecule has 0 saturated carbocycles. The number of esters is 1. The van der Waals surface area contributed by atoms with Crippen molar-refractivity contribution in [2.45, 2.75) is 17.9 Å². The quantitative estimate of drug-likeness (QED) is 0.664. The Bertz CT molecular complexity index is 972. The third-order valence-electron chi connectivity index (χ3n) is 3.71. The highest BCUT2D eigenvalue weighted by Gasteiger charge is 2.19. The van der Waals surface area contributed by atoms with Crippen LogP contribution in [0, 0.1) is 0 Å². The molecule has 150 valence electrons. The predicted molar refractivity (Wildman–Crippen MR) is 101 cm³/mol. The van der Waals surface area contributed by atoms with Crippen LogP contribution >= 0.6 is 0 Å². The summed E-state index contributed by atoms with van der Waals surface area (Å²) in [6.07, 6.45) is -0.907. The molecule has 10 heteroatoms. The smallest absolute Gasteiger partial charge is 0.337 e. The van der Waals surface area contributed by atoms with Gasteiger partial charge in [-0.2, -0.15) is 0 Å². The van der Waals surface area contributed by atoms with E-state index in [4.69, 9.17) is 14.6 Å². The van der Waals surface area contributed by atoms with Gasteiger partial charge >= 0.3 is 5.97 Å². The van der Waals surface area contributed by atoms with Crippen molar-refractivity contribution in [1.82, 2.24) is 0 Å². The number of anilines is 1. The topological polar surface area (TPSA) is 134 Å². The van der Waals surface area contributed by atoms with Crippen molar-refractivity contribution in [3.8, 4) is 11.5 Å². The minimum atomic E-state index is -3.81. The fourth-order valence-electron chi connectivity index (χ4n) is 2.23. The molecular formula is C18H20N2O7S. The molecule has 0 unspecified atom stereocenters. The molecule has 0 aromatic heterocycles. The molecule has 1 atom stereocenters. The zero-order valence-corrected chi connectivity index (χ0v) is 16.3. The Morgan fingerprint density at radius 1 is 1.04 bits per heavy atom. The van der Waals surface area contributed by atoms with Crippen LogP contribution in [-0.4, -0.2) is 40.6 Å². The molecule has 3 N–H and O–H groups in total.